The maximum atomic E-state index is 13.8. The molecule has 2 aromatic carbocycles. The molecule has 0 spiro atoms. The van der Waals surface area contributed by atoms with Gasteiger partial charge in [0.05, 0.1) is 5.56 Å². The van der Waals surface area contributed by atoms with Crippen LogP contribution in [0.2, 0.25) is 0 Å². The Hall–Kier alpha value is -2.76. The molecule has 0 atom stereocenters. The molecule has 0 aromatic heterocycles. The van der Waals surface area contributed by atoms with E-state index in [9.17, 15) is 18.4 Å². The predicted molar refractivity (Wildman–Crippen MR) is 98.3 cm³/mol. The van der Waals surface area contributed by atoms with Crippen LogP contribution in [0.4, 0.5) is 8.78 Å². The molecule has 1 saturated heterocycles. The number of carbonyl (C=O) groups excluding carboxylic acids is 2. The first-order valence-electron chi connectivity index (χ1n) is 9.01. The molecule has 1 aliphatic heterocycles. The van der Waals surface area contributed by atoms with Crippen LogP contribution in [0, 0.1) is 18.6 Å². The van der Waals surface area contributed by atoms with E-state index in [1.54, 1.807) is 4.90 Å². The highest BCUT2D eigenvalue weighted by Gasteiger charge is 2.26. The highest BCUT2D eigenvalue weighted by Crippen LogP contribution is 2.15. The van der Waals surface area contributed by atoms with Crippen LogP contribution in [0.3, 0.4) is 0 Å². The molecule has 0 saturated carbocycles. The van der Waals surface area contributed by atoms with Gasteiger partial charge in [-0.05, 0) is 37.1 Å². The first-order valence-corrected chi connectivity index (χ1v) is 9.01. The number of carbonyl (C=O) groups is 2. The highest BCUT2D eigenvalue weighted by atomic mass is 19.1. The van der Waals surface area contributed by atoms with Crippen LogP contribution >= 0.6 is 0 Å². The van der Waals surface area contributed by atoms with Crippen LogP contribution in [-0.4, -0.2) is 47.8 Å². The van der Waals surface area contributed by atoms with Gasteiger partial charge in [-0.3, -0.25) is 9.59 Å². The first-order chi connectivity index (χ1) is 12.9. The number of halogens is 2. The number of amides is 2. The lowest BCUT2D eigenvalue weighted by atomic mass is 10.1. The summed E-state index contributed by atoms with van der Waals surface area (Å²) in [6.07, 6.45) is 1.09. The maximum Gasteiger partial charge on any atom is 0.257 e. The highest BCUT2D eigenvalue weighted by molar-refractivity contribution is 5.94. The molecule has 0 bridgehead atoms. The van der Waals surface area contributed by atoms with Gasteiger partial charge >= 0.3 is 0 Å². The van der Waals surface area contributed by atoms with Crippen LogP contribution in [0.1, 0.15) is 27.9 Å². The van der Waals surface area contributed by atoms with Crippen molar-refractivity contribution in [2.24, 2.45) is 0 Å². The van der Waals surface area contributed by atoms with Crippen molar-refractivity contribution >= 4 is 11.8 Å². The topological polar surface area (TPSA) is 40.6 Å². The van der Waals surface area contributed by atoms with Crippen molar-refractivity contribution < 1.29 is 18.4 Å². The number of aryl methyl sites for hydroxylation is 2. The van der Waals surface area contributed by atoms with Crippen molar-refractivity contribution in [3.63, 3.8) is 0 Å². The minimum atomic E-state index is -0.738. The molecule has 142 valence electrons. The molecule has 1 fully saturated rings. The minimum Gasteiger partial charge on any atom is -0.339 e. The van der Waals surface area contributed by atoms with Crippen LogP contribution in [0.25, 0.3) is 0 Å². The molecule has 27 heavy (non-hydrogen) atoms. The molecule has 1 heterocycles. The average Bonchev–Trinajstić information content (AvgIpc) is 2.69. The van der Waals surface area contributed by atoms with E-state index in [-0.39, 0.29) is 11.5 Å². The van der Waals surface area contributed by atoms with E-state index in [4.69, 9.17) is 0 Å². The fourth-order valence-electron chi connectivity index (χ4n) is 3.15. The molecular weight excluding hydrogens is 350 g/mol. The van der Waals surface area contributed by atoms with Gasteiger partial charge in [-0.2, -0.15) is 0 Å². The monoisotopic (exact) mass is 372 g/mol. The summed E-state index contributed by atoms with van der Waals surface area (Å²) in [5, 5.41) is 0. The summed E-state index contributed by atoms with van der Waals surface area (Å²) in [6, 6.07) is 10.9. The lowest BCUT2D eigenvalue weighted by molar-refractivity contribution is -0.132. The summed E-state index contributed by atoms with van der Waals surface area (Å²) < 4.78 is 27.1. The zero-order valence-corrected chi connectivity index (χ0v) is 15.3. The van der Waals surface area contributed by atoms with Crippen molar-refractivity contribution in [3.05, 3.63) is 70.8 Å². The second-order valence-corrected chi connectivity index (χ2v) is 6.78. The molecule has 2 aromatic rings. The van der Waals surface area contributed by atoms with E-state index >= 15 is 0 Å². The summed E-state index contributed by atoms with van der Waals surface area (Å²) in [6.45, 7) is 3.44. The normalized spacial score (nSPS) is 14.3. The number of piperazine rings is 1. The van der Waals surface area contributed by atoms with E-state index in [2.05, 4.69) is 0 Å². The van der Waals surface area contributed by atoms with Crippen LogP contribution < -0.4 is 0 Å². The summed E-state index contributed by atoms with van der Waals surface area (Å²) in [4.78, 5) is 28.0. The molecule has 4 nitrogen and oxygen atoms in total. The quantitative estimate of drug-likeness (QED) is 0.827. The fraction of sp³-hybridized carbons (Fsp3) is 0.333. The smallest absolute Gasteiger partial charge is 0.257 e. The van der Waals surface area contributed by atoms with Gasteiger partial charge in [-0.25, -0.2) is 8.78 Å². The number of hydrogen-bond acceptors (Lipinski definition) is 2. The van der Waals surface area contributed by atoms with Gasteiger partial charge in [-0.15, -0.1) is 0 Å². The molecule has 0 radical (unpaired) electrons. The fourth-order valence-corrected chi connectivity index (χ4v) is 3.15. The molecular formula is C21H22F2N2O2. The summed E-state index contributed by atoms with van der Waals surface area (Å²) in [5.74, 6) is -1.89. The Morgan fingerprint density at radius 1 is 0.926 bits per heavy atom. The largest absolute Gasteiger partial charge is 0.339 e. The van der Waals surface area contributed by atoms with Gasteiger partial charge in [0, 0.05) is 32.6 Å². The van der Waals surface area contributed by atoms with E-state index in [0.717, 1.165) is 23.8 Å². The molecule has 0 N–H and O–H groups in total. The molecule has 0 aliphatic carbocycles. The zero-order chi connectivity index (χ0) is 19.4. The Bertz CT molecular complexity index is 829. The molecule has 1 aliphatic rings. The Balaban J connectivity index is 1.52. The number of rotatable bonds is 4. The number of benzene rings is 2. The number of hydrogen-bond donors (Lipinski definition) is 0. The second-order valence-electron chi connectivity index (χ2n) is 6.78. The zero-order valence-electron chi connectivity index (χ0n) is 15.3. The standard InChI is InChI=1S/C21H22F2N2O2/c1-15-2-4-16(5-3-15)6-9-20(26)24-10-12-25(13-11-24)21(27)18-14-17(22)7-8-19(18)23/h2-5,7-8,14H,6,9-13H2,1H3. The lowest BCUT2D eigenvalue weighted by Gasteiger charge is -2.35. The summed E-state index contributed by atoms with van der Waals surface area (Å²) in [7, 11) is 0. The van der Waals surface area contributed by atoms with Gasteiger partial charge in [-0.1, -0.05) is 29.8 Å². The van der Waals surface area contributed by atoms with Crippen molar-refractivity contribution in [2.45, 2.75) is 19.8 Å². The number of nitrogens with zero attached hydrogens (tertiary/aromatic N) is 2. The minimum absolute atomic E-state index is 0.0413. The van der Waals surface area contributed by atoms with Gasteiger partial charge in [0.15, 0.2) is 0 Å². The van der Waals surface area contributed by atoms with E-state index < -0.39 is 17.5 Å². The Kier molecular flexibility index (Phi) is 5.84. The van der Waals surface area contributed by atoms with Gasteiger partial charge < -0.3 is 9.80 Å². The van der Waals surface area contributed by atoms with Crippen molar-refractivity contribution in [1.82, 2.24) is 9.80 Å². The van der Waals surface area contributed by atoms with Crippen LogP contribution in [0.15, 0.2) is 42.5 Å². The van der Waals surface area contributed by atoms with Crippen molar-refractivity contribution in [3.8, 4) is 0 Å². The van der Waals surface area contributed by atoms with E-state index in [1.165, 1.54) is 10.5 Å². The van der Waals surface area contributed by atoms with Crippen LogP contribution in [0.5, 0.6) is 0 Å². The molecule has 3 rings (SSSR count). The Morgan fingerprint density at radius 2 is 1.56 bits per heavy atom. The third kappa shape index (κ3) is 4.70. The Morgan fingerprint density at radius 3 is 2.22 bits per heavy atom. The average molecular weight is 372 g/mol. The van der Waals surface area contributed by atoms with E-state index in [1.807, 2.05) is 31.2 Å². The van der Waals surface area contributed by atoms with Gasteiger partial charge in [0.2, 0.25) is 5.91 Å². The molecule has 0 unspecified atom stereocenters. The second kappa shape index (κ2) is 8.29. The van der Waals surface area contributed by atoms with Gasteiger partial charge in [0.25, 0.3) is 5.91 Å². The summed E-state index contributed by atoms with van der Waals surface area (Å²) >= 11 is 0. The van der Waals surface area contributed by atoms with Gasteiger partial charge in [0.1, 0.15) is 11.6 Å². The third-order valence-electron chi connectivity index (χ3n) is 4.83. The Labute approximate surface area is 157 Å². The molecule has 6 heteroatoms. The predicted octanol–water partition coefficient (Wildman–Crippen LogP) is 3.19. The maximum absolute atomic E-state index is 13.8. The van der Waals surface area contributed by atoms with Crippen LogP contribution in [-0.2, 0) is 11.2 Å². The van der Waals surface area contributed by atoms with Crippen molar-refractivity contribution in [1.29, 1.82) is 0 Å². The van der Waals surface area contributed by atoms with E-state index in [0.29, 0.717) is 39.0 Å². The van der Waals surface area contributed by atoms with Crippen molar-refractivity contribution in [2.75, 3.05) is 26.2 Å². The third-order valence-corrected chi connectivity index (χ3v) is 4.83. The summed E-state index contributed by atoms with van der Waals surface area (Å²) in [5.41, 5.74) is 2.03. The molecule has 2 amide bonds. The lowest BCUT2D eigenvalue weighted by Crippen LogP contribution is -2.50. The SMILES string of the molecule is Cc1ccc(CCC(=O)N2CCN(C(=O)c3cc(F)ccc3F)CC2)cc1. The first kappa shape index (κ1) is 19.0.